The Bertz CT molecular complexity index is 1440. The van der Waals surface area contributed by atoms with Gasteiger partial charge in [0.1, 0.15) is 11.5 Å². The number of alkyl halides is 6. The van der Waals surface area contributed by atoms with Crippen molar-refractivity contribution in [3.63, 3.8) is 0 Å². The number of nitrogens with zero attached hydrogens (tertiary/aromatic N) is 3. The van der Waals surface area contributed by atoms with Gasteiger partial charge in [0, 0.05) is 29.8 Å². The molecular weight excluding hydrogens is 565 g/mol. The summed E-state index contributed by atoms with van der Waals surface area (Å²) in [6.45, 7) is 2.84. The Morgan fingerprint density at radius 1 is 1.18 bits per heavy atom. The predicted octanol–water partition coefficient (Wildman–Crippen LogP) is 6.04. The van der Waals surface area contributed by atoms with Crippen molar-refractivity contribution in [2.24, 2.45) is 4.99 Å². The number of benzene rings is 1. The number of amidine groups is 1. The molecule has 0 radical (unpaired) electrons. The lowest BCUT2D eigenvalue weighted by Crippen LogP contribution is -2.48. The van der Waals surface area contributed by atoms with Crippen LogP contribution in [0.2, 0.25) is 5.02 Å². The Hall–Kier alpha value is -3.88. The van der Waals surface area contributed by atoms with Crippen LogP contribution < -0.4 is 5.48 Å². The molecule has 39 heavy (non-hydrogen) atoms. The molecule has 16 heteroatoms. The first-order chi connectivity index (χ1) is 18.1. The van der Waals surface area contributed by atoms with Gasteiger partial charge < -0.3 is 14.1 Å². The van der Waals surface area contributed by atoms with E-state index >= 15 is 0 Å². The van der Waals surface area contributed by atoms with E-state index in [4.69, 9.17) is 16.1 Å². The van der Waals surface area contributed by atoms with Crippen molar-refractivity contribution in [3.05, 3.63) is 58.5 Å². The van der Waals surface area contributed by atoms with Gasteiger partial charge in [0.05, 0.1) is 16.3 Å². The average Bonchev–Trinajstić information content (AvgIpc) is 3.31. The highest BCUT2D eigenvalue weighted by Gasteiger charge is 2.51. The summed E-state index contributed by atoms with van der Waals surface area (Å²) in [5.74, 6) is -3.63. The van der Waals surface area contributed by atoms with Crippen LogP contribution in [0.4, 0.5) is 30.7 Å². The first-order valence-electron chi connectivity index (χ1n) is 10.8. The highest BCUT2D eigenvalue weighted by atomic mass is 35.5. The van der Waals surface area contributed by atoms with Gasteiger partial charge in [-0.15, -0.1) is 0 Å². The van der Waals surface area contributed by atoms with E-state index in [1.807, 2.05) is 0 Å². The Morgan fingerprint density at radius 2 is 1.90 bits per heavy atom. The van der Waals surface area contributed by atoms with Crippen molar-refractivity contribution in [2.45, 2.75) is 44.3 Å². The standard InChI is InChI=1S/C23H16ClF7N4O4/c1-10-5-12(24)9-32-18(10)15-7-16(38-34-15)11-3-4-14(25)13(6-11)21(2)8-17(22(26,27)28)37-20(33-21)35-39-19(36)23(29,30)31/h3-7,9,17H,8H2,1-2H3,(H,33,35)/t17-,21-/m0/s1. The average molecular weight is 581 g/mol. The fourth-order valence-electron chi connectivity index (χ4n) is 3.80. The molecule has 0 spiro atoms. The van der Waals surface area contributed by atoms with Crippen LogP contribution in [0.3, 0.4) is 0 Å². The van der Waals surface area contributed by atoms with E-state index in [0.717, 1.165) is 19.1 Å². The van der Waals surface area contributed by atoms with Crippen LogP contribution in [0.15, 0.2) is 46.0 Å². The lowest BCUT2D eigenvalue weighted by molar-refractivity contribution is -0.215. The maximum atomic E-state index is 15.0. The Labute approximate surface area is 219 Å². The Kier molecular flexibility index (Phi) is 7.23. The zero-order valence-electron chi connectivity index (χ0n) is 19.7. The predicted molar refractivity (Wildman–Crippen MR) is 120 cm³/mol. The van der Waals surface area contributed by atoms with Crippen molar-refractivity contribution in [1.29, 1.82) is 0 Å². The van der Waals surface area contributed by atoms with E-state index in [9.17, 15) is 35.5 Å². The SMILES string of the molecule is Cc1cc(Cl)cnc1-c1cc(-c2ccc(F)c([C@]3(C)C[C@@H](C(F)(F)F)OC(NOC(=O)C(F)(F)F)=N3)c2)on1. The number of aliphatic imine (C=N–C) groups is 1. The molecule has 0 amide bonds. The van der Waals surface area contributed by atoms with Crippen molar-refractivity contribution in [1.82, 2.24) is 15.6 Å². The second-order valence-corrected chi connectivity index (χ2v) is 9.06. The van der Waals surface area contributed by atoms with Crippen LogP contribution in [0.5, 0.6) is 0 Å². The van der Waals surface area contributed by atoms with Crippen LogP contribution in [0.1, 0.15) is 24.5 Å². The molecule has 3 heterocycles. The number of aromatic nitrogens is 2. The van der Waals surface area contributed by atoms with Gasteiger partial charge in [-0.3, -0.25) is 4.98 Å². The number of carbonyl (C=O) groups excluding carboxylic acids is 1. The minimum absolute atomic E-state index is 0.104. The summed E-state index contributed by atoms with van der Waals surface area (Å²) in [6, 6.07) is 5.30. The molecule has 3 aromatic rings. The van der Waals surface area contributed by atoms with Gasteiger partial charge in [-0.2, -0.15) is 31.8 Å². The first-order valence-corrected chi connectivity index (χ1v) is 11.2. The molecule has 1 aliphatic rings. The normalized spacial score (nSPS) is 19.7. The molecule has 1 N–H and O–H groups in total. The molecule has 8 nitrogen and oxygen atoms in total. The topological polar surface area (TPSA) is 98.8 Å². The van der Waals surface area contributed by atoms with Gasteiger partial charge in [-0.05, 0) is 43.7 Å². The van der Waals surface area contributed by atoms with E-state index in [1.54, 1.807) is 13.0 Å². The summed E-state index contributed by atoms with van der Waals surface area (Å²) in [5.41, 5.74) is 0.539. The van der Waals surface area contributed by atoms with Gasteiger partial charge in [0.15, 0.2) is 11.9 Å². The summed E-state index contributed by atoms with van der Waals surface area (Å²) < 4.78 is 103. The number of aryl methyl sites for hydroxylation is 1. The fourth-order valence-corrected chi connectivity index (χ4v) is 4.02. The van der Waals surface area contributed by atoms with Crippen LogP contribution in [0, 0.1) is 12.7 Å². The largest absolute Gasteiger partial charge is 0.493 e. The van der Waals surface area contributed by atoms with E-state index in [0.29, 0.717) is 22.0 Å². The van der Waals surface area contributed by atoms with Crippen LogP contribution in [-0.4, -0.2) is 40.6 Å². The molecule has 0 fully saturated rings. The zero-order valence-corrected chi connectivity index (χ0v) is 20.5. The smallest absolute Gasteiger partial charge is 0.450 e. The zero-order chi connectivity index (χ0) is 28.8. The van der Waals surface area contributed by atoms with Gasteiger partial charge >= 0.3 is 24.3 Å². The molecular formula is C23H16ClF7N4O4. The lowest BCUT2D eigenvalue weighted by atomic mass is 9.84. The summed E-state index contributed by atoms with van der Waals surface area (Å²) >= 11 is 5.92. The minimum Gasteiger partial charge on any atom is -0.450 e. The molecule has 4 rings (SSSR count). The maximum Gasteiger partial charge on any atom is 0.493 e. The monoisotopic (exact) mass is 580 g/mol. The molecule has 208 valence electrons. The van der Waals surface area contributed by atoms with Gasteiger partial charge in [-0.1, -0.05) is 16.8 Å². The molecule has 1 aliphatic heterocycles. The first kappa shape index (κ1) is 28.1. The van der Waals surface area contributed by atoms with E-state index in [1.165, 1.54) is 23.8 Å². The number of hydrogen-bond donors (Lipinski definition) is 1. The van der Waals surface area contributed by atoms with Crippen LogP contribution in [0.25, 0.3) is 22.7 Å². The maximum absolute atomic E-state index is 15.0. The third-order valence-electron chi connectivity index (χ3n) is 5.64. The number of halogens is 8. The van der Waals surface area contributed by atoms with E-state index in [-0.39, 0.29) is 16.9 Å². The van der Waals surface area contributed by atoms with Crippen LogP contribution in [-0.2, 0) is 19.9 Å². The third kappa shape index (κ3) is 6.08. The van der Waals surface area contributed by atoms with Gasteiger partial charge in [-0.25, -0.2) is 14.2 Å². The van der Waals surface area contributed by atoms with Crippen molar-refractivity contribution in [3.8, 4) is 22.7 Å². The summed E-state index contributed by atoms with van der Waals surface area (Å²) in [5, 5.41) is 4.33. The number of hydroxylamine groups is 1. The van der Waals surface area contributed by atoms with E-state index < -0.39 is 48.2 Å². The van der Waals surface area contributed by atoms with Crippen LogP contribution >= 0.6 is 11.6 Å². The molecule has 0 saturated heterocycles. The quantitative estimate of drug-likeness (QED) is 0.298. The Balaban J connectivity index is 1.70. The molecule has 1 aromatic carbocycles. The number of pyridine rings is 1. The highest BCUT2D eigenvalue weighted by Crippen LogP contribution is 2.42. The number of ether oxygens (including phenoxy) is 1. The third-order valence-corrected chi connectivity index (χ3v) is 5.85. The van der Waals surface area contributed by atoms with Crippen molar-refractivity contribution >= 4 is 23.6 Å². The fraction of sp³-hybridized carbons (Fsp3) is 0.304. The summed E-state index contributed by atoms with van der Waals surface area (Å²) in [4.78, 5) is 22.7. The molecule has 2 aromatic heterocycles. The molecule has 0 unspecified atom stereocenters. The van der Waals surface area contributed by atoms with Gasteiger partial charge in [0.2, 0.25) is 0 Å². The molecule has 2 atom stereocenters. The molecule has 0 bridgehead atoms. The lowest BCUT2D eigenvalue weighted by Gasteiger charge is -2.36. The number of nitrogens with one attached hydrogen (secondary N) is 1. The van der Waals surface area contributed by atoms with Crippen molar-refractivity contribution < 1.29 is 49.6 Å². The summed E-state index contributed by atoms with van der Waals surface area (Å²) in [6.07, 6.45) is -12.7. The molecule has 0 saturated carbocycles. The number of carbonyl (C=O) groups is 1. The number of rotatable bonds is 3. The Morgan fingerprint density at radius 3 is 2.54 bits per heavy atom. The molecule has 0 aliphatic carbocycles. The second kappa shape index (κ2) is 10.0. The summed E-state index contributed by atoms with van der Waals surface area (Å²) in [7, 11) is 0. The van der Waals surface area contributed by atoms with Gasteiger partial charge in [0.25, 0.3) is 0 Å². The number of hydrogen-bond acceptors (Lipinski definition) is 8. The van der Waals surface area contributed by atoms with E-state index in [2.05, 4.69) is 24.7 Å². The highest BCUT2D eigenvalue weighted by molar-refractivity contribution is 6.30. The minimum atomic E-state index is -5.45. The van der Waals surface area contributed by atoms with Crippen molar-refractivity contribution in [2.75, 3.05) is 0 Å². The second-order valence-electron chi connectivity index (χ2n) is 8.62.